The zero-order chi connectivity index (χ0) is 40.3. The fraction of sp³-hybridized carbons (Fsp3) is 0. The molecular weight excluding hydrogens is 743 g/mol. The van der Waals surface area contributed by atoms with Gasteiger partial charge >= 0.3 is 0 Å². The Balaban J connectivity index is 0.961. The van der Waals surface area contributed by atoms with E-state index in [1.807, 2.05) is 36.4 Å². The standard InChI is InChI=1S/C57H35N3O/c1-3-13-36(14-4-1)37-23-27-39(28-24-37)51-35-52(60-57(59-51)41-15-5-2-6-16-41)40-29-25-38(26-30-40)42-31-32-50-49(33-42)56-54(47-21-11-12-22-53(47)61-56)55(58-50)48-34-43-17-7-8-18-44(43)45-19-9-10-20-46(45)48/h1-35H. The van der Waals surface area contributed by atoms with Crippen LogP contribution in [-0.4, -0.2) is 15.0 Å². The molecule has 9 aromatic carbocycles. The minimum Gasteiger partial charge on any atom is -0.455 e. The van der Waals surface area contributed by atoms with Gasteiger partial charge < -0.3 is 4.42 Å². The topological polar surface area (TPSA) is 51.8 Å². The second kappa shape index (κ2) is 14.3. The minimum atomic E-state index is 0.692. The lowest BCUT2D eigenvalue weighted by Crippen LogP contribution is -1.96. The number of hydrogen-bond acceptors (Lipinski definition) is 4. The van der Waals surface area contributed by atoms with Crippen molar-refractivity contribution in [2.24, 2.45) is 0 Å². The fourth-order valence-corrected chi connectivity index (χ4v) is 8.84. The van der Waals surface area contributed by atoms with Crippen molar-refractivity contribution in [3.8, 4) is 67.4 Å². The molecule has 0 amide bonds. The van der Waals surface area contributed by atoms with Crippen LogP contribution in [0.15, 0.2) is 217 Å². The number of rotatable bonds is 6. The molecule has 12 rings (SSSR count). The van der Waals surface area contributed by atoms with Crippen molar-refractivity contribution in [1.82, 2.24) is 15.0 Å². The Kier molecular flexibility index (Phi) is 8.13. The summed E-state index contributed by atoms with van der Waals surface area (Å²) in [6, 6.07) is 74.3. The minimum absolute atomic E-state index is 0.692. The second-order valence-corrected chi connectivity index (χ2v) is 15.5. The van der Waals surface area contributed by atoms with Gasteiger partial charge in [0.1, 0.15) is 11.2 Å². The molecule has 0 radical (unpaired) electrons. The summed E-state index contributed by atoms with van der Waals surface area (Å²) in [7, 11) is 0. The average molecular weight is 778 g/mol. The zero-order valence-corrected chi connectivity index (χ0v) is 33.0. The van der Waals surface area contributed by atoms with Crippen LogP contribution in [0, 0.1) is 0 Å². The maximum atomic E-state index is 6.77. The molecule has 0 unspecified atom stereocenters. The van der Waals surface area contributed by atoms with Crippen molar-refractivity contribution in [3.63, 3.8) is 0 Å². The SMILES string of the molecule is c1ccc(-c2ccc(-c3cc(-c4ccc(-c5ccc6nc(-c7cc8ccccc8c8ccccc78)c7c8ccccc8oc7c6c5)cc4)nc(-c4ccccc4)n3)cc2)cc1. The maximum Gasteiger partial charge on any atom is 0.160 e. The van der Waals surface area contributed by atoms with Crippen LogP contribution in [0.5, 0.6) is 0 Å². The van der Waals surface area contributed by atoms with Crippen molar-refractivity contribution in [1.29, 1.82) is 0 Å². The van der Waals surface area contributed by atoms with Crippen molar-refractivity contribution < 1.29 is 4.42 Å². The van der Waals surface area contributed by atoms with Gasteiger partial charge in [-0.3, -0.25) is 0 Å². The highest BCUT2D eigenvalue weighted by Gasteiger charge is 2.21. The molecule has 0 N–H and O–H groups in total. The Morgan fingerprint density at radius 3 is 1.56 bits per heavy atom. The van der Waals surface area contributed by atoms with Gasteiger partial charge in [0.15, 0.2) is 5.82 Å². The van der Waals surface area contributed by atoms with E-state index in [2.05, 4.69) is 176 Å². The Morgan fingerprint density at radius 2 is 0.852 bits per heavy atom. The van der Waals surface area contributed by atoms with Gasteiger partial charge in [0.2, 0.25) is 0 Å². The summed E-state index contributed by atoms with van der Waals surface area (Å²) in [5.74, 6) is 0.692. The molecule has 3 heterocycles. The summed E-state index contributed by atoms with van der Waals surface area (Å²) in [5, 5.41) is 7.86. The first-order valence-electron chi connectivity index (χ1n) is 20.6. The monoisotopic (exact) mass is 777 g/mol. The van der Waals surface area contributed by atoms with E-state index in [9.17, 15) is 0 Å². The smallest absolute Gasteiger partial charge is 0.160 e. The van der Waals surface area contributed by atoms with E-state index in [1.165, 1.54) is 32.7 Å². The van der Waals surface area contributed by atoms with Gasteiger partial charge in [-0.1, -0.05) is 182 Å². The quantitative estimate of drug-likeness (QED) is 0.158. The number of para-hydroxylation sites is 1. The summed E-state index contributed by atoms with van der Waals surface area (Å²) in [4.78, 5) is 15.6. The van der Waals surface area contributed by atoms with E-state index in [0.717, 1.165) is 83.3 Å². The number of aromatic nitrogens is 3. The summed E-state index contributed by atoms with van der Waals surface area (Å²) in [6.07, 6.45) is 0. The summed E-state index contributed by atoms with van der Waals surface area (Å²) in [5.41, 5.74) is 13.9. The van der Waals surface area contributed by atoms with Crippen LogP contribution in [0.2, 0.25) is 0 Å². The molecule has 0 fully saturated rings. The summed E-state index contributed by atoms with van der Waals surface area (Å²) >= 11 is 0. The van der Waals surface area contributed by atoms with Crippen LogP contribution in [0.25, 0.3) is 122 Å². The molecule has 284 valence electrons. The summed E-state index contributed by atoms with van der Waals surface area (Å²) < 4.78 is 6.77. The highest BCUT2D eigenvalue weighted by atomic mass is 16.3. The van der Waals surface area contributed by atoms with Crippen molar-refractivity contribution in [3.05, 3.63) is 212 Å². The Labute approximate surface area is 352 Å². The van der Waals surface area contributed by atoms with Crippen molar-refractivity contribution >= 4 is 54.4 Å². The number of benzene rings is 9. The van der Waals surface area contributed by atoms with E-state index < -0.39 is 0 Å². The molecule has 4 nitrogen and oxygen atoms in total. The van der Waals surface area contributed by atoms with Gasteiger partial charge in [-0.15, -0.1) is 0 Å². The molecule has 0 bridgehead atoms. The first kappa shape index (κ1) is 34.8. The Bertz CT molecular complexity index is 3610. The average Bonchev–Trinajstić information content (AvgIpc) is 3.74. The maximum absolute atomic E-state index is 6.77. The van der Waals surface area contributed by atoms with Gasteiger partial charge in [-0.25, -0.2) is 15.0 Å². The number of nitrogens with zero attached hydrogens (tertiary/aromatic N) is 3. The lowest BCUT2D eigenvalue weighted by Gasteiger charge is -2.13. The largest absolute Gasteiger partial charge is 0.455 e. The molecule has 0 aliphatic heterocycles. The van der Waals surface area contributed by atoms with Gasteiger partial charge in [0.05, 0.1) is 28.0 Å². The highest BCUT2D eigenvalue weighted by Crippen LogP contribution is 2.44. The number of pyridine rings is 1. The van der Waals surface area contributed by atoms with Crippen LogP contribution >= 0.6 is 0 Å². The van der Waals surface area contributed by atoms with Gasteiger partial charge in [-0.2, -0.15) is 0 Å². The van der Waals surface area contributed by atoms with Gasteiger partial charge in [-0.05, 0) is 74.1 Å². The normalized spacial score (nSPS) is 11.6. The molecule has 0 saturated carbocycles. The number of fused-ring (bicyclic) bond motifs is 8. The third-order valence-corrected chi connectivity index (χ3v) is 11.9. The first-order chi connectivity index (χ1) is 30.2. The Morgan fingerprint density at radius 1 is 0.328 bits per heavy atom. The molecule has 0 aliphatic rings. The highest BCUT2D eigenvalue weighted by molar-refractivity contribution is 6.23. The van der Waals surface area contributed by atoms with Gasteiger partial charge in [0, 0.05) is 33.0 Å². The molecular formula is C57H35N3O. The predicted octanol–water partition coefficient (Wildman–Crippen LogP) is 15.2. The van der Waals surface area contributed by atoms with Crippen LogP contribution in [-0.2, 0) is 0 Å². The van der Waals surface area contributed by atoms with Crippen molar-refractivity contribution in [2.75, 3.05) is 0 Å². The van der Waals surface area contributed by atoms with Crippen LogP contribution in [0.3, 0.4) is 0 Å². The molecule has 4 heteroatoms. The lowest BCUT2D eigenvalue weighted by molar-refractivity contribution is 0.672. The molecule has 0 aliphatic carbocycles. The van der Waals surface area contributed by atoms with E-state index in [4.69, 9.17) is 19.4 Å². The van der Waals surface area contributed by atoms with Crippen LogP contribution in [0.1, 0.15) is 0 Å². The summed E-state index contributed by atoms with van der Waals surface area (Å²) in [6.45, 7) is 0. The molecule has 0 spiro atoms. The third kappa shape index (κ3) is 6.04. The van der Waals surface area contributed by atoms with Crippen molar-refractivity contribution in [2.45, 2.75) is 0 Å². The molecule has 61 heavy (non-hydrogen) atoms. The van der Waals surface area contributed by atoms with Crippen LogP contribution in [0.4, 0.5) is 0 Å². The molecule has 12 aromatic rings. The van der Waals surface area contributed by atoms with E-state index in [-0.39, 0.29) is 0 Å². The second-order valence-electron chi connectivity index (χ2n) is 15.5. The molecule has 3 aromatic heterocycles. The van der Waals surface area contributed by atoms with E-state index >= 15 is 0 Å². The molecule has 0 atom stereocenters. The first-order valence-corrected chi connectivity index (χ1v) is 20.6. The number of hydrogen-bond donors (Lipinski definition) is 0. The zero-order valence-electron chi connectivity index (χ0n) is 33.0. The number of furan rings is 1. The predicted molar refractivity (Wildman–Crippen MR) is 252 cm³/mol. The fourth-order valence-electron chi connectivity index (χ4n) is 8.84. The van der Waals surface area contributed by atoms with Gasteiger partial charge in [0.25, 0.3) is 0 Å². The third-order valence-electron chi connectivity index (χ3n) is 11.9. The van der Waals surface area contributed by atoms with Crippen LogP contribution < -0.4 is 0 Å². The van der Waals surface area contributed by atoms with E-state index in [1.54, 1.807) is 0 Å². The van der Waals surface area contributed by atoms with E-state index in [0.29, 0.717) is 5.82 Å². The Hall–Kier alpha value is -8.21. The lowest BCUT2D eigenvalue weighted by atomic mass is 9.93. The molecule has 0 saturated heterocycles.